The molecular formula is C9H17Li. The van der Waals surface area contributed by atoms with Gasteiger partial charge in [-0.15, -0.1) is 11.8 Å². The van der Waals surface area contributed by atoms with Gasteiger partial charge in [0.25, 0.3) is 0 Å². The molecule has 0 radical (unpaired) electrons. The summed E-state index contributed by atoms with van der Waals surface area (Å²) in [5.41, 5.74) is 0. The van der Waals surface area contributed by atoms with E-state index >= 15 is 0 Å². The van der Waals surface area contributed by atoms with Crippen molar-refractivity contribution in [2.75, 3.05) is 0 Å². The molecule has 0 N–H and O–H groups in total. The molecule has 1 heteroatoms. The van der Waals surface area contributed by atoms with Gasteiger partial charge in [-0.2, -0.15) is 0 Å². The fourth-order valence-corrected chi connectivity index (χ4v) is 0.765. The van der Waals surface area contributed by atoms with Crippen LogP contribution in [0, 0.1) is 11.8 Å². The Kier molecular flexibility index (Phi) is 15.2. The van der Waals surface area contributed by atoms with E-state index in [0.717, 1.165) is 6.42 Å². The van der Waals surface area contributed by atoms with Crippen molar-refractivity contribution in [2.24, 2.45) is 0 Å². The minimum Gasteiger partial charge on any atom is -1.00 e. The van der Waals surface area contributed by atoms with Gasteiger partial charge in [-0.1, -0.05) is 26.2 Å². The molecule has 0 unspecified atom stereocenters. The summed E-state index contributed by atoms with van der Waals surface area (Å²) < 4.78 is 0. The van der Waals surface area contributed by atoms with Crippen LogP contribution in [0.25, 0.3) is 0 Å². The first-order valence-corrected chi connectivity index (χ1v) is 3.81. The zero-order valence-corrected chi connectivity index (χ0v) is 7.54. The van der Waals surface area contributed by atoms with Crippen molar-refractivity contribution in [2.45, 2.75) is 46.0 Å². The third-order valence-corrected chi connectivity index (χ3v) is 1.33. The standard InChI is InChI=1S/C9H16.Li.H/c1-3-5-7-9-8-6-4-2;;/h3,5,7-9H2,1-2H3;;/q;+1;-1. The molecule has 0 aromatic carbocycles. The molecule has 10 heavy (non-hydrogen) atoms. The van der Waals surface area contributed by atoms with Crippen LogP contribution in [0.2, 0.25) is 0 Å². The minimum absolute atomic E-state index is 0. The maximum atomic E-state index is 3.06. The minimum atomic E-state index is 0. The van der Waals surface area contributed by atoms with E-state index in [-0.39, 0.29) is 20.3 Å². The molecular weight excluding hydrogens is 115 g/mol. The Labute approximate surface area is 78.4 Å². The molecule has 0 atom stereocenters. The summed E-state index contributed by atoms with van der Waals surface area (Å²) in [4.78, 5) is 0. The Morgan fingerprint density at radius 2 is 1.90 bits per heavy atom. The predicted molar refractivity (Wildman–Crippen MR) is 43.3 cm³/mol. The smallest absolute Gasteiger partial charge is 1.00 e. The molecule has 0 aliphatic carbocycles. The van der Waals surface area contributed by atoms with Crippen LogP contribution in [0.3, 0.4) is 0 Å². The number of hydrogen-bond acceptors (Lipinski definition) is 0. The topological polar surface area (TPSA) is 0 Å². The molecule has 0 aliphatic rings. The number of hydrogen-bond donors (Lipinski definition) is 0. The van der Waals surface area contributed by atoms with Crippen LogP contribution in [0.5, 0.6) is 0 Å². The summed E-state index contributed by atoms with van der Waals surface area (Å²) in [5, 5.41) is 0. The van der Waals surface area contributed by atoms with E-state index in [9.17, 15) is 0 Å². The Morgan fingerprint density at radius 3 is 2.40 bits per heavy atom. The Hall–Kier alpha value is 0.157. The van der Waals surface area contributed by atoms with Crippen molar-refractivity contribution in [3.05, 3.63) is 0 Å². The largest absolute Gasteiger partial charge is 1.00 e. The predicted octanol–water partition coefficient (Wildman–Crippen LogP) is 0.0966. The molecule has 0 rings (SSSR count). The molecule has 0 saturated carbocycles. The number of rotatable bonds is 4. The van der Waals surface area contributed by atoms with Gasteiger partial charge in [-0.05, 0) is 13.3 Å². The number of unbranched alkanes of at least 4 members (excludes halogenated alkanes) is 4. The van der Waals surface area contributed by atoms with Crippen molar-refractivity contribution in [1.29, 1.82) is 0 Å². The van der Waals surface area contributed by atoms with Crippen molar-refractivity contribution in [3.8, 4) is 11.8 Å². The fraction of sp³-hybridized carbons (Fsp3) is 0.778. The van der Waals surface area contributed by atoms with E-state index in [4.69, 9.17) is 0 Å². The zero-order chi connectivity index (χ0) is 6.95. The van der Waals surface area contributed by atoms with Crippen molar-refractivity contribution >= 4 is 0 Å². The molecule has 0 saturated heterocycles. The molecule has 0 bridgehead atoms. The second-order valence-electron chi connectivity index (χ2n) is 2.24. The van der Waals surface area contributed by atoms with Crippen LogP contribution >= 0.6 is 0 Å². The van der Waals surface area contributed by atoms with Crippen LogP contribution in [0.15, 0.2) is 0 Å². The molecule has 0 spiro atoms. The van der Waals surface area contributed by atoms with Crippen molar-refractivity contribution < 1.29 is 20.3 Å². The Bertz CT molecular complexity index is 102. The molecule has 0 aliphatic heterocycles. The van der Waals surface area contributed by atoms with Crippen LogP contribution in [0.1, 0.15) is 47.4 Å². The fourth-order valence-electron chi connectivity index (χ4n) is 0.765. The molecule has 0 aromatic rings. The Balaban J connectivity index is -0.000000320. The van der Waals surface area contributed by atoms with Gasteiger partial charge in [0.2, 0.25) is 0 Å². The SMILES string of the molecule is CC#CCCCCCC.[H-].[Li+]. The molecule has 0 aromatic heterocycles. The van der Waals surface area contributed by atoms with Gasteiger partial charge in [0.05, 0.1) is 0 Å². The normalized spacial score (nSPS) is 7.40. The maximum Gasteiger partial charge on any atom is 1.00 e. The van der Waals surface area contributed by atoms with Crippen LogP contribution in [-0.4, -0.2) is 0 Å². The third-order valence-electron chi connectivity index (χ3n) is 1.33. The molecule has 0 heterocycles. The summed E-state index contributed by atoms with van der Waals surface area (Å²) in [6.45, 7) is 4.13. The summed E-state index contributed by atoms with van der Waals surface area (Å²) in [6.07, 6.45) is 6.42. The molecule has 0 amide bonds. The monoisotopic (exact) mass is 132 g/mol. The first kappa shape index (κ1) is 12.8. The van der Waals surface area contributed by atoms with E-state index in [1.807, 2.05) is 6.92 Å². The van der Waals surface area contributed by atoms with Gasteiger partial charge in [-0.3, -0.25) is 0 Å². The first-order chi connectivity index (χ1) is 4.41. The summed E-state index contributed by atoms with van der Waals surface area (Å²) in [5.74, 6) is 5.95. The average molecular weight is 132 g/mol. The van der Waals surface area contributed by atoms with Gasteiger partial charge in [0.1, 0.15) is 0 Å². The van der Waals surface area contributed by atoms with Gasteiger partial charge in [0, 0.05) is 6.42 Å². The van der Waals surface area contributed by atoms with Crippen LogP contribution in [-0.2, 0) is 0 Å². The zero-order valence-electron chi connectivity index (χ0n) is 8.54. The molecule has 54 valence electrons. The van der Waals surface area contributed by atoms with Gasteiger partial charge >= 0.3 is 18.9 Å². The quantitative estimate of drug-likeness (QED) is 0.289. The summed E-state index contributed by atoms with van der Waals surface area (Å²) >= 11 is 0. The van der Waals surface area contributed by atoms with Gasteiger partial charge in [0.15, 0.2) is 0 Å². The molecule has 0 fully saturated rings. The molecule has 0 nitrogen and oxygen atoms in total. The van der Waals surface area contributed by atoms with E-state index in [1.165, 1.54) is 25.7 Å². The summed E-state index contributed by atoms with van der Waals surface area (Å²) in [6, 6.07) is 0. The van der Waals surface area contributed by atoms with Crippen LogP contribution < -0.4 is 18.9 Å². The van der Waals surface area contributed by atoms with E-state index < -0.39 is 0 Å². The van der Waals surface area contributed by atoms with Crippen molar-refractivity contribution in [1.82, 2.24) is 0 Å². The van der Waals surface area contributed by atoms with E-state index in [1.54, 1.807) is 0 Å². The second-order valence-corrected chi connectivity index (χ2v) is 2.24. The van der Waals surface area contributed by atoms with Crippen molar-refractivity contribution in [3.63, 3.8) is 0 Å². The average Bonchev–Trinajstić information content (AvgIpc) is 1.89. The summed E-state index contributed by atoms with van der Waals surface area (Å²) in [7, 11) is 0. The van der Waals surface area contributed by atoms with E-state index in [2.05, 4.69) is 18.8 Å². The van der Waals surface area contributed by atoms with Crippen LogP contribution in [0.4, 0.5) is 0 Å². The van der Waals surface area contributed by atoms with Gasteiger partial charge in [-0.25, -0.2) is 0 Å². The third kappa shape index (κ3) is 11.0. The maximum absolute atomic E-state index is 3.06. The second kappa shape index (κ2) is 11.9. The van der Waals surface area contributed by atoms with E-state index in [0.29, 0.717) is 0 Å². The Morgan fingerprint density at radius 1 is 1.20 bits per heavy atom. The first-order valence-electron chi connectivity index (χ1n) is 3.81. The van der Waals surface area contributed by atoms with Gasteiger partial charge < -0.3 is 1.43 Å².